The van der Waals surface area contributed by atoms with Crippen molar-refractivity contribution < 1.29 is 0 Å². The third-order valence-electron chi connectivity index (χ3n) is 15.4. The Morgan fingerprint density at radius 2 is 0.743 bits per heavy atom. The predicted octanol–water partition coefficient (Wildman–Crippen LogP) is 18.0. The second kappa shape index (κ2) is 15.8. The third kappa shape index (κ3) is 6.20. The Kier molecular flexibility index (Phi) is 8.68. The summed E-state index contributed by atoms with van der Waals surface area (Å²) in [4.78, 5) is 16.2. The Morgan fingerprint density at radius 3 is 1.53 bits per heavy atom. The molecule has 0 amide bonds. The zero-order valence-corrected chi connectivity index (χ0v) is 39.9. The van der Waals surface area contributed by atoms with E-state index in [0.29, 0.717) is 17.5 Å². The predicted molar refractivity (Wildman–Crippen MR) is 310 cm³/mol. The molecule has 0 bridgehead atoms. The van der Waals surface area contributed by atoms with Crippen molar-refractivity contribution in [1.82, 2.24) is 24.1 Å². The van der Waals surface area contributed by atoms with E-state index in [2.05, 4.69) is 258 Å². The van der Waals surface area contributed by atoms with Crippen LogP contribution in [0.1, 0.15) is 0 Å². The summed E-state index contributed by atoms with van der Waals surface area (Å²) >= 11 is 0. The number of hydrogen-bond donors (Lipinski definition) is 0. The molecule has 0 unspecified atom stereocenters. The molecule has 16 rings (SSSR count). The van der Waals surface area contributed by atoms with Gasteiger partial charge in [-0.15, -0.1) is 0 Å². The van der Waals surface area contributed by atoms with Crippen molar-refractivity contribution in [2.75, 3.05) is 0 Å². The fourth-order valence-electron chi connectivity index (χ4n) is 11.9. The fourth-order valence-corrected chi connectivity index (χ4v) is 11.9. The molecule has 0 saturated heterocycles. The summed E-state index contributed by atoms with van der Waals surface area (Å²) in [6.07, 6.45) is 0. The Morgan fingerprint density at radius 1 is 0.230 bits per heavy atom. The summed E-state index contributed by atoms with van der Waals surface area (Å²) in [5.41, 5.74) is 9.63. The number of fused-ring (bicyclic) bond motifs is 14. The number of nitrogens with zero attached hydrogens (tertiary/aromatic N) is 5. The number of benzene rings is 13. The van der Waals surface area contributed by atoms with Crippen molar-refractivity contribution in [3.63, 3.8) is 0 Å². The zero-order chi connectivity index (χ0) is 48.4. The van der Waals surface area contributed by atoms with Crippen molar-refractivity contribution in [2.45, 2.75) is 0 Å². The molecule has 74 heavy (non-hydrogen) atoms. The van der Waals surface area contributed by atoms with E-state index in [9.17, 15) is 0 Å². The molecule has 0 atom stereocenters. The van der Waals surface area contributed by atoms with Crippen LogP contribution in [0.5, 0.6) is 0 Å². The van der Waals surface area contributed by atoms with Gasteiger partial charge in [0.25, 0.3) is 0 Å². The van der Waals surface area contributed by atoms with Gasteiger partial charge in [-0.3, -0.25) is 0 Å². The Balaban J connectivity index is 0.929. The lowest BCUT2D eigenvalue weighted by Gasteiger charge is -2.15. The van der Waals surface area contributed by atoms with Crippen LogP contribution in [0.25, 0.3) is 154 Å². The van der Waals surface area contributed by atoms with Crippen LogP contribution in [-0.2, 0) is 0 Å². The number of hydrogen-bond acceptors (Lipinski definition) is 3. The minimum absolute atomic E-state index is 0.615. The van der Waals surface area contributed by atoms with Crippen molar-refractivity contribution in [3.8, 4) is 45.5 Å². The first-order valence-corrected chi connectivity index (χ1v) is 25.2. The molecule has 0 radical (unpaired) electrons. The van der Waals surface area contributed by atoms with Crippen LogP contribution in [0.3, 0.4) is 0 Å². The van der Waals surface area contributed by atoms with Crippen LogP contribution in [-0.4, -0.2) is 24.1 Å². The summed E-state index contributed by atoms with van der Waals surface area (Å²) in [5, 5.41) is 18.9. The minimum Gasteiger partial charge on any atom is -0.309 e. The lowest BCUT2D eigenvalue weighted by molar-refractivity contribution is 1.08. The van der Waals surface area contributed by atoms with Crippen LogP contribution in [0.2, 0.25) is 0 Å². The lowest BCUT2D eigenvalue weighted by atomic mass is 9.99. The van der Waals surface area contributed by atoms with Gasteiger partial charge in [0, 0.05) is 55.0 Å². The van der Waals surface area contributed by atoms with Gasteiger partial charge in [-0.25, -0.2) is 15.0 Å². The first kappa shape index (κ1) is 40.7. The molecule has 342 valence electrons. The van der Waals surface area contributed by atoms with Crippen molar-refractivity contribution >= 4 is 108 Å². The molecule has 13 aromatic carbocycles. The number of para-hydroxylation sites is 2. The first-order valence-electron chi connectivity index (χ1n) is 25.2. The van der Waals surface area contributed by atoms with Crippen molar-refractivity contribution in [3.05, 3.63) is 249 Å². The SMILES string of the molecule is c1ccc2cc(-c3nc(-c4ccc5ccc6ccccc6c5c4)nc(-c4cc(-n5c6ccccc6c6cc7ccc(-n8c9ccccc9c9ccc%10ccccc%10c98)cc7cc65)cc5ccccc45)n3)ccc2c1. The van der Waals surface area contributed by atoms with Crippen LogP contribution in [0.4, 0.5) is 0 Å². The van der Waals surface area contributed by atoms with Gasteiger partial charge in [-0.1, -0.05) is 188 Å². The molecule has 0 spiro atoms. The highest BCUT2D eigenvalue weighted by Gasteiger charge is 2.21. The van der Waals surface area contributed by atoms with Crippen molar-refractivity contribution in [1.29, 1.82) is 0 Å². The van der Waals surface area contributed by atoms with Crippen LogP contribution < -0.4 is 0 Å². The molecule has 5 nitrogen and oxygen atoms in total. The quantitative estimate of drug-likeness (QED) is 0.162. The average molecular weight is 940 g/mol. The molecular formula is C69H41N5. The monoisotopic (exact) mass is 939 g/mol. The molecular weight excluding hydrogens is 899 g/mol. The van der Waals surface area contributed by atoms with E-state index < -0.39 is 0 Å². The van der Waals surface area contributed by atoms with E-state index in [1.165, 1.54) is 70.3 Å². The average Bonchev–Trinajstić information content (AvgIpc) is 4.02. The standard InChI is InChI=1S/C69H41N5/c1-2-16-46-35-49(29-25-42(46)13-1)67-70-68(50-30-28-45-27-26-43-14-3-6-18-54(43)60(45)39-50)72-69(71-67)62-41-53(36-48-17-5-7-19-55(48)62)73-63-23-11-10-22-58(63)61-38-47-31-33-52(37-51(47)40-65(61)73)74-64-24-12-9-21-57(64)59-34-32-44-15-4-8-20-56(44)66(59)74/h1-41H. The van der Waals surface area contributed by atoms with E-state index in [0.717, 1.165) is 66.0 Å². The largest absolute Gasteiger partial charge is 0.309 e. The van der Waals surface area contributed by atoms with Gasteiger partial charge in [-0.2, -0.15) is 0 Å². The van der Waals surface area contributed by atoms with Gasteiger partial charge in [0.05, 0.1) is 22.1 Å². The molecule has 0 fully saturated rings. The van der Waals surface area contributed by atoms with E-state index >= 15 is 0 Å². The molecule has 0 aliphatic heterocycles. The summed E-state index contributed by atoms with van der Waals surface area (Å²) in [5.74, 6) is 1.86. The van der Waals surface area contributed by atoms with Gasteiger partial charge in [0.2, 0.25) is 0 Å². The first-order chi connectivity index (χ1) is 36.6. The molecule has 5 heteroatoms. The number of aromatic nitrogens is 5. The van der Waals surface area contributed by atoms with E-state index in [1.807, 2.05) is 0 Å². The third-order valence-corrected chi connectivity index (χ3v) is 15.4. The Bertz CT molecular complexity index is 5040. The van der Waals surface area contributed by atoms with Crippen LogP contribution in [0, 0.1) is 0 Å². The normalized spacial score (nSPS) is 12.1. The lowest BCUT2D eigenvalue weighted by Crippen LogP contribution is -2.02. The molecule has 0 N–H and O–H groups in total. The van der Waals surface area contributed by atoms with E-state index in [-0.39, 0.29) is 0 Å². The summed E-state index contributed by atoms with van der Waals surface area (Å²) in [6, 6.07) is 90.2. The van der Waals surface area contributed by atoms with E-state index in [4.69, 9.17) is 15.0 Å². The maximum Gasteiger partial charge on any atom is 0.164 e. The van der Waals surface area contributed by atoms with Gasteiger partial charge in [0.1, 0.15) is 0 Å². The van der Waals surface area contributed by atoms with Gasteiger partial charge < -0.3 is 9.13 Å². The Hall–Kier alpha value is -9.97. The van der Waals surface area contributed by atoms with Crippen molar-refractivity contribution in [2.24, 2.45) is 0 Å². The summed E-state index contributed by atoms with van der Waals surface area (Å²) in [7, 11) is 0. The second-order valence-electron chi connectivity index (χ2n) is 19.6. The molecule has 3 heterocycles. The molecule has 0 aliphatic rings. The smallest absolute Gasteiger partial charge is 0.164 e. The van der Waals surface area contributed by atoms with Gasteiger partial charge in [0.15, 0.2) is 17.5 Å². The number of rotatable bonds is 5. The van der Waals surface area contributed by atoms with Gasteiger partial charge in [-0.05, 0) is 120 Å². The second-order valence-corrected chi connectivity index (χ2v) is 19.6. The molecule has 3 aromatic heterocycles. The minimum atomic E-state index is 0.615. The zero-order valence-electron chi connectivity index (χ0n) is 39.9. The highest BCUT2D eigenvalue weighted by Crippen LogP contribution is 2.41. The van der Waals surface area contributed by atoms with Crippen LogP contribution >= 0.6 is 0 Å². The highest BCUT2D eigenvalue weighted by molar-refractivity contribution is 6.19. The molecule has 0 saturated carbocycles. The fraction of sp³-hybridized carbons (Fsp3) is 0. The summed E-state index contributed by atoms with van der Waals surface area (Å²) < 4.78 is 4.89. The maximum atomic E-state index is 5.45. The summed E-state index contributed by atoms with van der Waals surface area (Å²) in [6.45, 7) is 0. The Labute approximate surface area is 424 Å². The molecule has 0 aliphatic carbocycles. The maximum absolute atomic E-state index is 5.45. The molecule has 16 aromatic rings. The topological polar surface area (TPSA) is 48.5 Å². The highest BCUT2D eigenvalue weighted by atomic mass is 15.0. The van der Waals surface area contributed by atoms with Crippen LogP contribution in [0.15, 0.2) is 249 Å². The van der Waals surface area contributed by atoms with E-state index in [1.54, 1.807) is 0 Å². The van der Waals surface area contributed by atoms with Gasteiger partial charge >= 0.3 is 0 Å².